The molecular weight excluding hydrogens is 454 g/mol. The first-order chi connectivity index (χ1) is 17.7. The van der Waals surface area contributed by atoms with Crippen molar-refractivity contribution in [2.75, 3.05) is 6.61 Å². The molecule has 0 radical (unpaired) electrons. The van der Waals surface area contributed by atoms with Crippen molar-refractivity contribution in [3.05, 3.63) is 83.4 Å². The Morgan fingerprint density at radius 1 is 0.861 bits per heavy atom. The molecule has 1 aromatic heterocycles. The number of rotatable bonds is 4. The zero-order valence-electron chi connectivity index (χ0n) is 19.7. The van der Waals surface area contributed by atoms with Crippen LogP contribution < -0.4 is 0 Å². The molecule has 0 N–H and O–H groups in total. The molecule has 2 bridgehead atoms. The maximum atomic E-state index is 13.3. The fourth-order valence-electron chi connectivity index (χ4n) is 6.53. The van der Waals surface area contributed by atoms with Crippen molar-refractivity contribution in [3.8, 4) is 11.1 Å². The van der Waals surface area contributed by atoms with Gasteiger partial charge in [-0.3, -0.25) is 4.79 Å². The van der Waals surface area contributed by atoms with E-state index in [2.05, 4.69) is 34.6 Å². The number of hydrogen-bond donors (Lipinski definition) is 0. The van der Waals surface area contributed by atoms with E-state index < -0.39 is 0 Å². The lowest BCUT2D eigenvalue weighted by Crippen LogP contribution is -2.48. The molecule has 3 aromatic carbocycles. The second-order valence-electron chi connectivity index (χ2n) is 10.1. The normalized spacial score (nSPS) is 22.4. The SMILES string of the molecule is O=C(c1ccc2nonc2c1)C1CC2CCC(C1)N2C(=O)OCC1c2ccccc2-c2ccccc21. The summed E-state index contributed by atoms with van der Waals surface area (Å²) in [5, 5.41) is 7.67. The van der Waals surface area contributed by atoms with Gasteiger partial charge in [-0.15, -0.1) is 0 Å². The monoisotopic (exact) mass is 479 g/mol. The van der Waals surface area contributed by atoms with Gasteiger partial charge < -0.3 is 9.64 Å². The summed E-state index contributed by atoms with van der Waals surface area (Å²) in [5.41, 5.74) is 6.69. The summed E-state index contributed by atoms with van der Waals surface area (Å²) in [6.45, 7) is 0.316. The van der Waals surface area contributed by atoms with Crippen molar-refractivity contribution < 1.29 is 19.0 Å². The Bertz CT molecular complexity index is 1440. The quantitative estimate of drug-likeness (QED) is 0.354. The topological polar surface area (TPSA) is 85.5 Å². The molecule has 3 heterocycles. The Morgan fingerprint density at radius 2 is 1.50 bits per heavy atom. The van der Waals surface area contributed by atoms with Crippen LogP contribution in [0.4, 0.5) is 4.79 Å². The van der Waals surface area contributed by atoms with Gasteiger partial charge in [0.2, 0.25) is 0 Å². The number of amides is 1. The van der Waals surface area contributed by atoms with E-state index in [-0.39, 0.29) is 35.8 Å². The summed E-state index contributed by atoms with van der Waals surface area (Å²) in [5.74, 6) is 0.0282. The molecule has 2 atom stereocenters. The average Bonchev–Trinajstić information content (AvgIpc) is 3.59. The zero-order chi connectivity index (χ0) is 24.2. The van der Waals surface area contributed by atoms with Crippen LogP contribution in [0.15, 0.2) is 71.4 Å². The number of carbonyl (C=O) groups is 2. The number of aromatic nitrogens is 2. The minimum Gasteiger partial charge on any atom is -0.448 e. The molecular formula is C29H25N3O4. The maximum Gasteiger partial charge on any atom is 0.410 e. The molecule has 7 rings (SSSR count). The summed E-state index contributed by atoms with van der Waals surface area (Å²) in [4.78, 5) is 28.5. The number of ether oxygens (including phenoxy) is 1. The first-order valence-corrected chi connectivity index (χ1v) is 12.6. The molecule has 0 spiro atoms. The lowest BCUT2D eigenvalue weighted by molar-refractivity contribution is 0.0506. The minimum atomic E-state index is -0.259. The van der Waals surface area contributed by atoms with Crippen LogP contribution in [-0.2, 0) is 4.74 Å². The molecule has 1 amide bonds. The van der Waals surface area contributed by atoms with Crippen molar-refractivity contribution in [2.24, 2.45) is 5.92 Å². The predicted molar refractivity (Wildman–Crippen MR) is 133 cm³/mol. The second-order valence-corrected chi connectivity index (χ2v) is 10.1. The number of fused-ring (bicyclic) bond motifs is 6. The maximum absolute atomic E-state index is 13.3. The van der Waals surface area contributed by atoms with E-state index in [1.165, 1.54) is 22.3 Å². The predicted octanol–water partition coefficient (Wildman–Crippen LogP) is 5.60. The highest BCUT2D eigenvalue weighted by atomic mass is 16.6. The number of ketones is 1. The lowest BCUT2D eigenvalue weighted by Gasteiger charge is -2.37. The zero-order valence-corrected chi connectivity index (χ0v) is 19.7. The average molecular weight is 480 g/mol. The highest BCUT2D eigenvalue weighted by molar-refractivity contribution is 6.00. The number of hydrogen-bond acceptors (Lipinski definition) is 6. The first kappa shape index (κ1) is 21.3. The number of nitrogens with zero attached hydrogens (tertiary/aromatic N) is 3. The van der Waals surface area contributed by atoms with E-state index in [0.717, 1.165) is 12.8 Å². The van der Waals surface area contributed by atoms with Gasteiger partial charge in [-0.05, 0) is 76.4 Å². The van der Waals surface area contributed by atoms with E-state index in [1.54, 1.807) is 18.2 Å². The van der Waals surface area contributed by atoms with E-state index in [1.807, 2.05) is 29.2 Å². The molecule has 2 unspecified atom stereocenters. The summed E-state index contributed by atoms with van der Waals surface area (Å²) in [6, 6.07) is 22.1. The Morgan fingerprint density at radius 3 is 2.19 bits per heavy atom. The summed E-state index contributed by atoms with van der Waals surface area (Å²) in [7, 11) is 0. The largest absolute Gasteiger partial charge is 0.448 e. The van der Waals surface area contributed by atoms with Crippen LogP contribution in [-0.4, -0.2) is 45.8 Å². The van der Waals surface area contributed by atoms with Gasteiger partial charge in [0.1, 0.15) is 17.6 Å². The highest BCUT2D eigenvalue weighted by Crippen LogP contribution is 2.45. The summed E-state index contributed by atoms with van der Waals surface area (Å²) in [6.07, 6.45) is 2.88. The third-order valence-corrected chi connectivity index (χ3v) is 8.19. The van der Waals surface area contributed by atoms with Gasteiger partial charge >= 0.3 is 6.09 Å². The smallest absolute Gasteiger partial charge is 0.410 e. The van der Waals surface area contributed by atoms with E-state index in [0.29, 0.717) is 36.0 Å². The number of carbonyl (C=O) groups excluding carboxylic acids is 2. The molecule has 7 heteroatoms. The molecule has 4 aromatic rings. The van der Waals surface area contributed by atoms with Gasteiger partial charge in [0.25, 0.3) is 0 Å². The van der Waals surface area contributed by atoms with Crippen LogP contribution in [0.1, 0.15) is 53.1 Å². The Kier molecular flexibility index (Phi) is 4.91. The second kappa shape index (κ2) is 8.29. The van der Waals surface area contributed by atoms with Crippen LogP contribution in [0.5, 0.6) is 0 Å². The van der Waals surface area contributed by atoms with Gasteiger partial charge in [0.05, 0.1) is 0 Å². The standard InChI is InChI=1S/C29H25N3O4/c33-28(17-9-12-26-27(15-17)31-36-30-26)18-13-19-10-11-20(14-18)32(19)29(34)35-16-25-23-7-3-1-5-21(23)22-6-2-4-8-24(22)25/h1-9,12,15,18-20,25H,10-11,13-14,16H2. The Balaban J connectivity index is 1.05. The molecule has 0 saturated carbocycles. The Labute approximate surface area is 208 Å². The Hall–Kier alpha value is -4.00. The fourth-order valence-corrected chi connectivity index (χ4v) is 6.53. The molecule has 1 aliphatic carbocycles. The molecule has 180 valence electrons. The van der Waals surface area contributed by atoms with Crippen molar-refractivity contribution in [3.63, 3.8) is 0 Å². The van der Waals surface area contributed by atoms with Gasteiger partial charge in [-0.1, -0.05) is 48.5 Å². The third-order valence-electron chi connectivity index (χ3n) is 8.19. The van der Waals surface area contributed by atoms with Crippen molar-refractivity contribution in [1.82, 2.24) is 15.2 Å². The van der Waals surface area contributed by atoms with E-state index in [9.17, 15) is 9.59 Å². The van der Waals surface area contributed by atoms with Crippen LogP contribution in [0, 0.1) is 5.92 Å². The van der Waals surface area contributed by atoms with Gasteiger partial charge in [0.15, 0.2) is 5.78 Å². The molecule has 2 aliphatic heterocycles. The van der Waals surface area contributed by atoms with E-state index >= 15 is 0 Å². The van der Waals surface area contributed by atoms with Crippen LogP contribution in [0.25, 0.3) is 22.2 Å². The van der Waals surface area contributed by atoms with Crippen LogP contribution >= 0.6 is 0 Å². The molecule has 7 nitrogen and oxygen atoms in total. The van der Waals surface area contributed by atoms with Gasteiger partial charge in [0, 0.05) is 29.5 Å². The van der Waals surface area contributed by atoms with Crippen molar-refractivity contribution >= 4 is 22.9 Å². The number of Topliss-reactive ketones (excluding diaryl/α,β-unsaturated/α-hetero) is 1. The van der Waals surface area contributed by atoms with Gasteiger partial charge in [-0.25, -0.2) is 9.42 Å². The summed E-state index contributed by atoms with van der Waals surface area (Å²) < 4.78 is 10.7. The number of piperidine rings is 1. The summed E-state index contributed by atoms with van der Waals surface area (Å²) >= 11 is 0. The minimum absolute atomic E-state index is 0.0331. The molecule has 36 heavy (non-hydrogen) atoms. The van der Waals surface area contributed by atoms with E-state index in [4.69, 9.17) is 9.37 Å². The number of benzene rings is 3. The fraction of sp³-hybridized carbons (Fsp3) is 0.310. The molecule has 2 fully saturated rings. The van der Waals surface area contributed by atoms with Crippen molar-refractivity contribution in [1.29, 1.82) is 0 Å². The third kappa shape index (κ3) is 3.33. The lowest BCUT2D eigenvalue weighted by atomic mass is 9.85. The van der Waals surface area contributed by atoms with Crippen LogP contribution in [0.3, 0.4) is 0 Å². The molecule has 2 saturated heterocycles. The first-order valence-electron chi connectivity index (χ1n) is 12.6. The van der Waals surface area contributed by atoms with Crippen molar-refractivity contribution in [2.45, 2.75) is 43.7 Å². The molecule has 3 aliphatic rings. The highest BCUT2D eigenvalue weighted by Gasteiger charge is 2.46. The van der Waals surface area contributed by atoms with Gasteiger partial charge in [-0.2, -0.15) is 0 Å². The van der Waals surface area contributed by atoms with Crippen LogP contribution in [0.2, 0.25) is 0 Å².